The van der Waals surface area contributed by atoms with Crippen LogP contribution in [0.2, 0.25) is 0 Å². The lowest BCUT2D eigenvalue weighted by atomic mass is 10.0. The lowest BCUT2D eigenvalue weighted by Crippen LogP contribution is -2.38. The molecule has 3 aromatic carbocycles. The number of likely N-dealkylation sites (tertiary alicyclic amines) is 1. The third-order valence-electron chi connectivity index (χ3n) is 7.10. The summed E-state index contributed by atoms with van der Waals surface area (Å²) in [7, 11) is -1.94. The van der Waals surface area contributed by atoms with Crippen molar-refractivity contribution in [3.05, 3.63) is 102 Å². The van der Waals surface area contributed by atoms with Crippen molar-refractivity contribution in [1.82, 2.24) is 9.88 Å². The largest absolute Gasteiger partial charge is 0.494 e. The normalized spacial score (nSPS) is 14.1. The first-order valence-corrected chi connectivity index (χ1v) is 16.0. The van der Waals surface area contributed by atoms with Gasteiger partial charge in [0.1, 0.15) is 5.75 Å². The molecule has 4 aromatic rings. The highest BCUT2D eigenvalue weighted by atomic mass is 32.2. The van der Waals surface area contributed by atoms with E-state index in [1.54, 1.807) is 42.5 Å². The van der Waals surface area contributed by atoms with Crippen molar-refractivity contribution in [2.75, 3.05) is 41.8 Å². The first kappa shape index (κ1) is 30.8. The number of hydrogen-bond acceptors (Lipinski definition) is 8. The van der Waals surface area contributed by atoms with Crippen molar-refractivity contribution >= 4 is 33.0 Å². The fourth-order valence-corrected chi connectivity index (χ4v) is 5.45. The van der Waals surface area contributed by atoms with E-state index in [9.17, 15) is 17.6 Å². The predicted molar refractivity (Wildman–Crippen MR) is 168 cm³/mol. The standard InChI is InChI=1S/C32H34FN5O5S/c1-42-30-13-10-27(19-29(30)33)36-32(39)23-4-6-24(7-5-23)35-25-15-17-38(18-16-25)21-22-3-14-31(34-20-22)43-28-11-8-26(9-12-28)37-44(2,40)41/h3-14,19-20,25,35,37H,15-18,21H2,1-2H3,(H,36,39). The maximum atomic E-state index is 13.9. The number of sulfonamides is 1. The van der Waals surface area contributed by atoms with Crippen LogP contribution in [0.4, 0.5) is 21.5 Å². The SMILES string of the molecule is COc1ccc(NC(=O)c2ccc(NC3CCN(Cc4ccc(Oc5ccc(NS(C)(=O)=O)cc5)nc4)CC3)cc2)cc1F. The van der Waals surface area contributed by atoms with Gasteiger partial charge in [0.2, 0.25) is 15.9 Å². The Morgan fingerprint density at radius 1 is 0.955 bits per heavy atom. The number of halogens is 1. The van der Waals surface area contributed by atoms with Crippen LogP contribution in [0, 0.1) is 5.82 Å². The van der Waals surface area contributed by atoms with E-state index in [0.717, 1.165) is 50.0 Å². The van der Waals surface area contributed by atoms with E-state index in [2.05, 4.69) is 25.2 Å². The molecule has 0 unspecified atom stereocenters. The summed E-state index contributed by atoms with van der Waals surface area (Å²) in [5.74, 6) is 0.278. The van der Waals surface area contributed by atoms with E-state index in [4.69, 9.17) is 9.47 Å². The van der Waals surface area contributed by atoms with E-state index in [1.807, 2.05) is 30.5 Å². The Morgan fingerprint density at radius 3 is 2.25 bits per heavy atom. The molecule has 5 rings (SSSR count). The van der Waals surface area contributed by atoms with Crippen molar-refractivity contribution in [3.8, 4) is 17.4 Å². The Labute approximate surface area is 256 Å². The van der Waals surface area contributed by atoms with Gasteiger partial charge in [0.05, 0.1) is 13.4 Å². The van der Waals surface area contributed by atoms with Gasteiger partial charge in [-0.15, -0.1) is 0 Å². The third kappa shape index (κ3) is 8.68. The first-order chi connectivity index (χ1) is 21.1. The molecule has 3 N–H and O–H groups in total. The van der Waals surface area contributed by atoms with Gasteiger partial charge < -0.3 is 20.1 Å². The summed E-state index contributed by atoms with van der Waals surface area (Å²) in [6.07, 6.45) is 4.86. The number of anilines is 3. The summed E-state index contributed by atoms with van der Waals surface area (Å²) in [5.41, 5.74) is 3.33. The van der Waals surface area contributed by atoms with Crippen LogP contribution in [-0.4, -0.2) is 56.7 Å². The molecule has 0 spiro atoms. The number of aromatic nitrogens is 1. The molecule has 2 heterocycles. The van der Waals surface area contributed by atoms with E-state index in [-0.39, 0.29) is 11.7 Å². The molecule has 1 aromatic heterocycles. The zero-order valence-electron chi connectivity index (χ0n) is 24.4. The van der Waals surface area contributed by atoms with Crippen LogP contribution < -0.4 is 24.8 Å². The number of amides is 1. The zero-order valence-corrected chi connectivity index (χ0v) is 25.2. The van der Waals surface area contributed by atoms with E-state index >= 15 is 0 Å². The van der Waals surface area contributed by atoms with E-state index in [0.29, 0.717) is 34.6 Å². The van der Waals surface area contributed by atoms with Crippen LogP contribution in [-0.2, 0) is 16.6 Å². The molecule has 0 bridgehead atoms. The molecule has 1 saturated heterocycles. The number of ether oxygens (including phenoxy) is 2. The highest BCUT2D eigenvalue weighted by Gasteiger charge is 2.19. The Kier molecular flexibility index (Phi) is 9.61. The van der Waals surface area contributed by atoms with Gasteiger partial charge in [0.15, 0.2) is 11.6 Å². The number of carbonyl (C=O) groups is 1. The summed E-state index contributed by atoms with van der Waals surface area (Å²) >= 11 is 0. The lowest BCUT2D eigenvalue weighted by molar-refractivity contribution is 0.102. The van der Waals surface area contributed by atoms with Gasteiger partial charge in [-0.25, -0.2) is 17.8 Å². The van der Waals surface area contributed by atoms with Crippen LogP contribution in [0.3, 0.4) is 0 Å². The smallest absolute Gasteiger partial charge is 0.255 e. The average Bonchev–Trinajstić information content (AvgIpc) is 3.00. The highest BCUT2D eigenvalue weighted by molar-refractivity contribution is 7.92. The topological polar surface area (TPSA) is 122 Å². The highest BCUT2D eigenvalue weighted by Crippen LogP contribution is 2.24. The molecule has 44 heavy (non-hydrogen) atoms. The lowest BCUT2D eigenvalue weighted by Gasteiger charge is -2.32. The minimum absolute atomic E-state index is 0.120. The van der Waals surface area contributed by atoms with Gasteiger partial charge in [-0.2, -0.15) is 0 Å². The molecule has 1 fully saturated rings. The second-order valence-corrected chi connectivity index (χ2v) is 12.3. The van der Waals surface area contributed by atoms with Crippen molar-refractivity contribution in [2.24, 2.45) is 0 Å². The Morgan fingerprint density at radius 2 is 1.64 bits per heavy atom. The molecule has 1 amide bonds. The quantitative estimate of drug-likeness (QED) is 0.195. The van der Waals surface area contributed by atoms with Gasteiger partial charge in [-0.3, -0.25) is 14.4 Å². The van der Waals surface area contributed by atoms with Gasteiger partial charge in [-0.1, -0.05) is 6.07 Å². The average molecular weight is 620 g/mol. The zero-order chi connectivity index (χ0) is 31.1. The van der Waals surface area contributed by atoms with E-state index < -0.39 is 15.8 Å². The molecular weight excluding hydrogens is 585 g/mol. The van der Waals surface area contributed by atoms with Crippen molar-refractivity contribution in [2.45, 2.75) is 25.4 Å². The van der Waals surface area contributed by atoms with Crippen molar-refractivity contribution in [1.29, 1.82) is 0 Å². The second kappa shape index (κ2) is 13.7. The Bertz CT molecular complexity index is 1680. The number of nitrogens with one attached hydrogen (secondary N) is 3. The fourth-order valence-electron chi connectivity index (χ4n) is 4.89. The number of piperidine rings is 1. The first-order valence-electron chi connectivity index (χ1n) is 14.1. The summed E-state index contributed by atoms with van der Waals surface area (Å²) in [6.45, 7) is 2.65. The number of nitrogens with zero attached hydrogens (tertiary/aromatic N) is 2. The molecule has 1 aliphatic rings. The fraction of sp³-hybridized carbons (Fsp3) is 0.250. The number of pyridine rings is 1. The number of carbonyl (C=O) groups excluding carboxylic acids is 1. The van der Waals surface area contributed by atoms with Crippen LogP contribution >= 0.6 is 0 Å². The van der Waals surface area contributed by atoms with E-state index in [1.165, 1.54) is 19.2 Å². The van der Waals surface area contributed by atoms with Gasteiger partial charge >= 0.3 is 0 Å². The summed E-state index contributed by atoms with van der Waals surface area (Å²) in [4.78, 5) is 19.4. The van der Waals surface area contributed by atoms with Crippen LogP contribution in [0.1, 0.15) is 28.8 Å². The maximum absolute atomic E-state index is 13.9. The molecule has 12 heteroatoms. The monoisotopic (exact) mass is 619 g/mol. The summed E-state index contributed by atoms with van der Waals surface area (Å²) < 4.78 is 49.8. The molecule has 0 aliphatic carbocycles. The van der Waals surface area contributed by atoms with Crippen LogP contribution in [0.15, 0.2) is 85.1 Å². The minimum atomic E-state index is -3.33. The van der Waals surface area contributed by atoms with Gasteiger partial charge in [0, 0.05) is 66.6 Å². The maximum Gasteiger partial charge on any atom is 0.255 e. The number of hydrogen-bond donors (Lipinski definition) is 3. The molecule has 10 nitrogen and oxygen atoms in total. The molecular formula is C32H34FN5O5S. The summed E-state index contributed by atoms with van der Waals surface area (Å²) in [6, 6.07) is 22.3. The molecule has 0 atom stereocenters. The van der Waals surface area contributed by atoms with Crippen molar-refractivity contribution in [3.63, 3.8) is 0 Å². The summed E-state index contributed by atoms with van der Waals surface area (Å²) in [5, 5.41) is 6.27. The molecule has 0 saturated carbocycles. The number of rotatable bonds is 11. The van der Waals surface area contributed by atoms with Gasteiger partial charge in [0.25, 0.3) is 5.91 Å². The van der Waals surface area contributed by atoms with Crippen LogP contribution in [0.25, 0.3) is 0 Å². The minimum Gasteiger partial charge on any atom is -0.494 e. The molecule has 230 valence electrons. The number of methoxy groups -OCH3 is 1. The second-order valence-electron chi connectivity index (χ2n) is 10.6. The van der Waals surface area contributed by atoms with Crippen LogP contribution in [0.5, 0.6) is 17.4 Å². The third-order valence-corrected chi connectivity index (χ3v) is 7.71. The molecule has 0 radical (unpaired) electrons. The van der Waals surface area contributed by atoms with Gasteiger partial charge in [-0.05, 0) is 79.1 Å². The Balaban J connectivity index is 1.05. The van der Waals surface area contributed by atoms with Crippen molar-refractivity contribution < 1.29 is 27.1 Å². The number of benzene rings is 3. The molecule has 1 aliphatic heterocycles. The Hall–Kier alpha value is -4.68. The predicted octanol–water partition coefficient (Wildman–Crippen LogP) is 5.72.